The number of hydrogen-bond acceptors (Lipinski definition) is 4. The molecule has 3 rings (SSSR count). The highest BCUT2D eigenvalue weighted by molar-refractivity contribution is 5.92. The molecule has 2 unspecified atom stereocenters. The maximum Gasteiger partial charge on any atom is 0.270 e. The summed E-state index contributed by atoms with van der Waals surface area (Å²) < 4.78 is 14.2. The van der Waals surface area contributed by atoms with Crippen LogP contribution < -0.4 is 0 Å². The average molecular weight is 349 g/mol. The van der Waals surface area contributed by atoms with Crippen LogP contribution in [0.5, 0.6) is 0 Å². The fraction of sp³-hybridized carbons (Fsp3) is 0.737. The summed E-state index contributed by atoms with van der Waals surface area (Å²) >= 11 is 0. The van der Waals surface area contributed by atoms with Gasteiger partial charge in [0, 0.05) is 26.3 Å². The van der Waals surface area contributed by atoms with Gasteiger partial charge in [-0.15, -0.1) is 0 Å². The Morgan fingerprint density at radius 3 is 2.88 bits per heavy atom. The van der Waals surface area contributed by atoms with E-state index in [1.807, 2.05) is 34.8 Å². The second kappa shape index (κ2) is 7.89. The molecule has 0 aliphatic carbocycles. The molecule has 0 bridgehead atoms. The standard InChI is InChI=1S/C19H31N3O3/c1-4-21(5-2)13-16-8-9-19(25-16)14-22(11-12-24-15-19)18(23)17-7-6-10-20(17)3/h6-7,10,16H,4-5,8-9,11-15H2,1-3H3. The SMILES string of the molecule is CCN(CC)CC1CCC2(COCCN(C(=O)c3cccn3C)C2)O1. The first-order valence-corrected chi connectivity index (χ1v) is 9.45. The second-order valence-electron chi connectivity index (χ2n) is 7.23. The summed E-state index contributed by atoms with van der Waals surface area (Å²) in [6, 6.07) is 3.78. The van der Waals surface area contributed by atoms with Gasteiger partial charge in [0.1, 0.15) is 11.3 Å². The lowest BCUT2D eigenvalue weighted by molar-refractivity contribution is -0.0896. The van der Waals surface area contributed by atoms with Gasteiger partial charge in [-0.2, -0.15) is 0 Å². The summed E-state index contributed by atoms with van der Waals surface area (Å²) in [6.45, 7) is 9.80. The van der Waals surface area contributed by atoms with E-state index in [1.54, 1.807) is 0 Å². The van der Waals surface area contributed by atoms with Crippen LogP contribution in [0.3, 0.4) is 0 Å². The van der Waals surface area contributed by atoms with Crippen molar-refractivity contribution in [3.05, 3.63) is 24.0 Å². The molecule has 0 radical (unpaired) electrons. The lowest BCUT2D eigenvalue weighted by atomic mass is 10.00. The third-order valence-electron chi connectivity index (χ3n) is 5.49. The molecule has 1 amide bonds. The molecule has 2 saturated heterocycles. The highest BCUT2D eigenvalue weighted by Gasteiger charge is 2.44. The van der Waals surface area contributed by atoms with Gasteiger partial charge in [-0.3, -0.25) is 4.79 Å². The summed E-state index contributed by atoms with van der Waals surface area (Å²) in [5.74, 6) is 0.0631. The van der Waals surface area contributed by atoms with Crippen LogP contribution in [0.25, 0.3) is 0 Å². The number of aromatic nitrogens is 1. The van der Waals surface area contributed by atoms with Crippen LogP contribution in [-0.2, 0) is 16.5 Å². The Morgan fingerprint density at radius 2 is 2.20 bits per heavy atom. The predicted octanol–water partition coefficient (Wildman–Crippen LogP) is 1.76. The van der Waals surface area contributed by atoms with Gasteiger partial charge >= 0.3 is 0 Å². The van der Waals surface area contributed by atoms with E-state index < -0.39 is 0 Å². The molecule has 25 heavy (non-hydrogen) atoms. The van der Waals surface area contributed by atoms with E-state index in [0.717, 1.165) is 38.2 Å². The van der Waals surface area contributed by atoms with Gasteiger partial charge in [0.05, 0.1) is 25.9 Å². The minimum Gasteiger partial charge on any atom is -0.377 e. The zero-order valence-electron chi connectivity index (χ0n) is 15.7. The molecule has 6 heteroatoms. The molecule has 3 heterocycles. The fourth-order valence-corrected chi connectivity index (χ4v) is 3.94. The number of amides is 1. The van der Waals surface area contributed by atoms with Crippen LogP contribution in [0.1, 0.15) is 37.2 Å². The number of hydrogen-bond donors (Lipinski definition) is 0. The van der Waals surface area contributed by atoms with Gasteiger partial charge < -0.3 is 23.8 Å². The monoisotopic (exact) mass is 349 g/mol. The summed E-state index contributed by atoms with van der Waals surface area (Å²) in [7, 11) is 1.91. The van der Waals surface area contributed by atoms with Crippen LogP contribution in [0.2, 0.25) is 0 Å². The highest BCUT2D eigenvalue weighted by Crippen LogP contribution is 2.33. The number of aryl methyl sites for hydroxylation is 1. The van der Waals surface area contributed by atoms with Crippen LogP contribution in [0, 0.1) is 0 Å². The molecular weight excluding hydrogens is 318 g/mol. The fourth-order valence-electron chi connectivity index (χ4n) is 3.94. The Morgan fingerprint density at radius 1 is 1.40 bits per heavy atom. The molecule has 2 atom stereocenters. The van der Waals surface area contributed by atoms with Crippen molar-refractivity contribution in [3.8, 4) is 0 Å². The van der Waals surface area contributed by atoms with E-state index in [1.165, 1.54) is 0 Å². The number of ether oxygens (including phenoxy) is 2. The largest absolute Gasteiger partial charge is 0.377 e. The summed E-state index contributed by atoms with van der Waals surface area (Å²) in [4.78, 5) is 17.2. The number of likely N-dealkylation sites (N-methyl/N-ethyl adjacent to an activating group) is 1. The lowest BCUT2D eigenvalue weighted by Gasteiger charge is -2.32. The lowest BCUT2D eigenvalue weighted by Crippen LogP contribution is -2.47. The first-order chi connectivity index (χ1) is 12.1. The molecule has 140 valence electrons. The van der Waals surface area contributed by atoms with Crippen LogP contribution in [0.4, 0.5) is 0 Å². The number of carbonyl (C=O) groups is 1. The minimum atomic E-state index is -0.352. The molecule has 1 spiro atoms. The van der Waals surface area contributed by atoms with E-state index >= 15 is 0 Å². The third-order valence-corrected chi connectivity index (χ3v) is 5.49. The zero-order valence-corrected chi connectivity index (χ0v) is 15.7. The first-order valence-electron chi connectivity index (χ1n) is 9.45. The van der Waals surface area contributed by atoms with Crippen LogP contribution in [0.15, 0.2) is 18.3 Å². The quantitative estimate of drug-likeness (QED) is 0.813. The number of carbonyl (C=O) groups excluding carboxylic acids is 1. The summed E-state index contributed by atoms with van der Waals surface area (Å²) in [5, 5.41) is 0. The van der Waals surface area contributed by atoms with Crippen molar-refractivity contribution < 1.29 is 14.3 Å². The molecule has 0 aromatic carbocycles. The van der Waals surface area contributed by atoms with Gasteiger partial charge in [-0.05, 0) is 38.1 Å². The van der Waals surface area contributed by atoms with E-state index in [2.05, 4.69) is 18.7 Å². The van der Waals surface area contributed by atoms with Gasteiger partial charge in [-0.25, -0.2) is 0 Å². The Hall–Kier alpha value is -1.37. The Bertz CT molecular complexity index is 584. The van der Waals surface area contributed by atoms with Gasteiger partial charge in [0.25, 0.3) is 5.91 Å². The second-order valence-corrected chi connectivity index (χ2v) is 7.23. The van der Waals surface area contributed by atoms with Crippen molar-refractivity contribution in [3.63, 3.8) is 0 Å². The van der Waals surface area contributed by atoms with Crippen LogP contribution >= 0.6 is 0 Å². The van der Waals surface area contributed by atoms with Gasteiger partial charge in [0.15, 0.2) is 0 Å². The van der Waals surface area contributed by atoms with E-state index in [9.17, 15) is 4.79 Å². The summed E-state index contributed by atoms with van der Waals surface area (Å²) in [5.41, 5.74) is 0.365. The molecule has 2 fully saturated rings. The Balaban J connectivity index is 1.68. The van der Waals surface area contributed by atoms with Crippen molar-refractivity contribution in [1.29, 1.82) is 0 Å². The molecule has 6 nitrogen and oxygen atoms in total. The molecule has 0 N–H and O–H groups in total. The maximum atomic E-state index is 12.9. The predicted molar refractivity (Wildman–Crippen MR) is 96.8 cm³/mol. The first kappa shape index (κ1) is 18.4. The summed E-state index contributed by atoms with van der Waals surface area (Å²) in [6.07, 6.45) is 4.12. The molecule has 1 aromatic rings. The van der Waals surface area contributed by atoms with E-state index in [4.69, 9.17) is 9.47 Å². The van der Waals surface area contributed by atoms with Gasteiger partial charge in [0.2, 0.25) is 0 Å². The molecule has 2 aliphatic heterocycles. The van der Waals surface area contributed by atoms with E-state index in [0.29, 0.717) is 26.3 Å². The molecule has 0 saturated carbocycles. The topological polar surface area (TPSA) is 46.9 Å². The van der Waals surface area contributed by atoms with Crippen molar-refractivity contribution in [1.82, 2.24) is 14.4 Å². The van der Waals surface area contributed by atoms with Crippen molar-refractivity contribution in [2.45, 2.75) is 38.4 Å². The van der Waals surface area contributed by atoms with Crippen molar-refractivity contribution >= 4 is 5.91 Å². The molecule has 2 aliphatic rings. The number of rotatable bonds is 5. The highest BCUT2D eigenvalue weighted by atomic mass is 16.6. The van der Waals surface area contributed by atoms with E-state index in [-0.39, 0.29) is 17.6 Å². The minimum absolute atomic E-state index is 0.0631. The zero-order chi connectivity index (χ0) is 17.9. The van der Waals surface area contributed by atoms with Gasteiger partial charge in [-0.1, -0.05) is 13.8 Å². The van der Waals surface area contributed by atoms with Crippen molar-refractivity contribution in [2.24, 2.45) is 7.05 Å². The smallest absolute Gasteiger partial charge is 0.270 e. The third kappa shape index (κ3) is 4.07. The molecule has 1 aromatic heterocycles. The Labute approximate surface area is 150 Å². The van der Waals surface area contributed by atoms with Crippen molar-refractivity contribution in [2.75, 3.05) is 45.9 Å². The molecular formula is C19H31N3O3. The van der Waals surface area contributed by atoms with Crippen LogP contribution in [-0.4, -0.2) is 77.9 Å². The normalized spacial score (nSPS) is 27.2. The Kier molecular flexibility index (Phi) is 5.81. The average Bonchev–Trinajstić information content (AvgIpc) is 3.14. The number of nitrogens with zero attached hydrogens (tertiary/aromatic N) is 3. The maximum absolute atomic E-state index is 12.9.